The number of nitrogens with zero attached hydrogens (tertiary/aromatic N) is 1. The molecule has 0 saturated carbocycles. The van der Waals surface area contributed by atoms with Gasteiger partial charge in [-0.05, 0) is 109 Å². The van der Waals surface area contributed by atoms with Gasteiger partial charge in [-0.2, -0.15) is 0 Å². The summed E-state index contributed by atoms with van der Waals surface area (Å²) >= 11 is 7.83. The van der Waals surface area contributed by atoms with Crippen molar-refractivity contribution in [3.05, 3.63) is 95.4 Å². The minimum Gasteiger partial charge on any atom is -0.341 e. The maximum atomic E-state index is 2.51. The molecule has 0 atom stereocenters. The Hall–Kier alpha value is -2.96. The van der Waals surface area contributed by atoms with E-state index in [-0.39, 0.29) is 0 Å². The molecule has 2 aromatic carbocycles. The van der Waals surface area contributed by atoms with Crippen LogP contribution in [0.25, 0.3) is 61.5 Å². The van der Waals surface area contributed by atoms with Gasteiger partial charge in [-0.15, -0.1) is 45.3 Å². The number of thiophene rings is 4. The van der Waals surface area contributed by atoms with Crippen molar-refractivity contribution in [2.24, 2.45) is 0 Å². The van der Waals surface area contributed by atoms with Gasteiger partial charge in [0.25, 0.3) is 0 Å². The van der Waals surface area contributed by atoms with Crippen LogP contribution in [0.2, 0.25) is 0 Å². The fraction of sp³-hybridized carbons (Fsp3) is 0.333. The standard InChI is InChI=1S/C42H45NS4/c1-4-7-9-11-15-29-25-26-44-41(29)38-23-21-36(45-38)37-22-24-39(46-37)42-31(16-12-10-8-5-2)28-40(47-42)30-19-20-35-33(27-30)32-17-13-14-18-34(32)43(35)6-3/h13-14,17-28H,4-12,15-16H2,1-3H3. The molecule has 0 aliphatic carbocycles. The molecule has 7 rings (SSSR count). The van der Waals surface area contributed by atoms with Crippen LogP contribution in [0, 0.1) is 0 Å². The van der Waals surface area contributed by atoms with Gasteiger partial charge in [0.15, 0.2) is 0 Å². The fourth-order valence-corrected chi connectivity index (χ4v) is 11.5. The first-order valence-electron chi connectivity index (χ1n) is 17.6. The van der Waals surface area contributed by atoms with E-state index in [4.69, 9.17) is 0 Å². The first-order chi connectivity index (χ1) is 23.2. The van der Waals surface area contributed by atoms with E-state index in [1.807, 2.05) is 45.3 Å². The van der Waals surface area contributed by atoms with Crippen LogP contribution in [0.1, 0.15) is 83.3 Å². The molecule has 0 amide bonds. The quantitative estimate of drug-likeness (QED) is 0.0943. The highest BCUT2D eigenvalue weighted by Crippen LogP contribution is 2.47. The molecule has 242 valence electrons. The lowest BCUT2D eigenvalue weighted by molar-refractivity contribution is 0.668. The zero-order valence-corrected chi connectivity index (χ0v) is 31.2. The van der Waals surface area contributed by atoms with Crippen LogP contribution in [0.15, 0.2) is 84.2 Å². The topological polar surface area (TPSA) is 4.93 Å². The Morgan fingerprint density at radius 3 is 1.89 bits per heavy atom. The Morgan fingerprint density at radius 2 is 1.17 bits per heavy atom. The van der Waals surface area contributed by atoms with Crippen LogP contribution >= 0.6 is 45.3 Å². The predicted octanol–water partition coefficient (Wildman–Crippen LogP) is 15.0. The molecule has 1 nitrogen and oxygen atoms in total. The molecule has 0 fully saturated rings. The average Bonchev–Trinajstić information content (AvgIpc) is 3.94. The average molecular weight is 692 g/mol. The highest BCUT2D eigenvalue weighted by Gasteiger charge is 2.18. The van der Waals surface area contributed by atoms with Gasteiger partial charge < -0.3 is 4.57 Å². The number of rotatable bonds is 15. The van der Waals surface area contributed by atoms with Crippen LogP contribution in [-0.2, 0) is 19.4 Å². The lowest BCUT2D eigenvalue weighted by Crippen LogP contribution is -1.92. The van der Waals surface area contributed by atoms with E-state index >= 15 is 0 Å². The molecule has 5 aromatic heterocycles. The molecule has 7 aromatic rings. The van der Waals surface area contributed by atoms with E-state index in [9.17, 15) is 0 Å². The molecule has 0 bridgehead atoms. The first kappa shape index (κ1) is 32.6. The molecular formula is C42H45NS4. The number of aromatic nitrogens is 1. The maximum Gasteiger partial charge on any atom is 0.0491 e. The SMILES string of the molecule is CCCCCCc1ccsc1-c1ccc(-c2ccc(-c3sc(-c4ccc5c(c4)c4ccccc4n5CC)cc3CCCCCC)s2)s1. The lowest BCUT2D eigenvalue weighted by Gasteiger charge is -2.03. The zero-order valence-electron chi connectivity index (χ0n) is 27.9. The van der Waals surface area contributed by atoms with Gasteiger partial charge in [0.05, 0.1) is 0 Å². The van der Waals surface area contributed by atoms with Gasteiger partial charge in [0.1, 0.15) is 0 Å². The molecule has 0 N–H and O–H groups in total. The van der Waals surface area contributed by atoms with Crippen molar-refractivity contribution >= 4 is 67.2 Å². The Labute approximate surface area is 296 Å². The minimum absolute atomic E-state index is 0.981. The summed E-state index contributed by atoms with van der Waals surface area (Å²) in [5.41, 5.74) is 7.05. The Morgan fingerprint density at radius 1 is 0.511 bits per heavy atom. The van der Waals surface area contributed by atoms with E-state index in [1.165, 1.54) is 130 Å². The lowest BCUT2D eigenvalue weighted by atomic mass is 10.0. The molecule has 0 radical (unpaired) electrons. The third-order valence-electron chi connectivity index (χ3n) is 9.43. The van der Waals surface area contributed by atoms with Crippen LogP contribution in [0.3, 0.4) is 0 Å². The molecule has 0 spiro atoms. The van der Waals surface area contributed by atoms with Crippen LogP contribution in [-0.4, -0.2) is 4.57 Å². The summed E-state index contributed by atoms with van der Waals surface area (Å²) in [5, 5.41) is 5.00. The number of para-hydroxylation sites is 1. The molecular weight excluding hydrogens is 647 g/mol. The minimum atomic E-state index is 0.981. The summed E-state index contributed by atoms with van der Waals surface area (Å²) < 4.78 is 2.45. The second-order valence-electron chi connectivity index (χ2n) is 12.7. The first-order valence-corrected chi connectivity index (χ1v) is 20.9. The normalized spacial score (nSPS) is 11.8. The zero-order chi connectivity index (χ0) is 32.2. The van der Waals surface area contributed by atoms with Crippen molar-refractivity contribution in [3.8, 4) is 39.7 Å². The summed E-state index contributed by atoms with van der Waals surface area (Å²) in [5.74, 6) is 0. The van der Waals surface area contributed by atoms with Crippen molar-refractivity contribution < 1.29 is 0 Å². The summed E-state index contributed by atoms with van der Waals surface area (Å²) in [4.78, 5) is 9.94. The molecule has 0 aliphatic rings. The van der Waals surface area contributed by atoms with Gasteiger partial charge in [-0.25, -0.2) is 0 Å². The highest BCUT2D eigenvalue weighted by atomic mass is 32.1. The van der Waals surface area contributed by atoms with Crippen molar-refractivity contribution in [1.82, 2.24) is 4.57 Å². The summed E-state index contributed by atoms with van der Waals surface area (Å²) in [6, 6.07) is 30.3. The number of aryl methyl sites for hydroxylation is 3. The largest absolute Gasteiger partial charge is 0.341 e. The van der Waals surface area contributed by atoms with Crippen molar-refractivity contribution in [2.75, 3.05) is 0 Å². The second kappa shape index (κ2) is 15.1. The monoisotopic (exact) mass is 691 g/mol. The summed E-state index contributed by atoms with van der Waals surface area (Å²) in [7, 11) is 0. The third kappa shape index (κ3) is 6.83. The Balaban J connectivity index is 1.19. The Kier molecular flexibility index (Phi) is 10.4. The van der Waals surface area contributed by atoms with Gasteiger partial charge >= 0.3 is 0 Å². The van der Waals surface area contributed by atoms with Crippen LogP contribution in [0.5, 0.6) is 0 Å². The van der Waals surface area contributed by atoms with Gasteiger partial charge in [0.2, 0.25) is 0 Å². The van der Waals surface area contributed by atoms with E-state index in [2.05, 4.69) is 110 Å². The third-order valence-corrected chi connectivity index (χ3v) is 14.3. The Bertz CT molecular complexity index is 2080. The number of hydrogen-bond acceptors (Lipinski definition) is 4. The van der Waals surface area contributed by atoms with Crippen molar-refractivity contribution in [1.29, 1.82) is 0 Å². The molecule has 0 aliphatic heterocycles. The van der Waals surface area contributed by atoms with E-state index in [0.29, 0.717) is 0 Å². The molecule has 5 heterocycles. The molecule has 0 unspecified atom stereocenters. The van der Waals surface area contributed by atoms with Crippen LogP contribution in [0.4, 0.5) is 0 Å². The molecule has 47 heavy (non-hydrogen) atoms. The van der Waals surface area contributed by atoms with Crippen LogP contribution < -0.4 is 0 Å². The predicted molar refractivity (Wildman–Crippen MR) is 214 cm³/mol. The van der Waals surface area contributed by atoms with Gasteiger partial charge in [0, 0.05) is 62.5 Å². The van der Waals surface area contributed by atoms with Crippen molar-refractivity contribution in [2.45, 2.75) is 91.5 Å². The van der Waals surface area contributed by atoms with Gasteiger partial charge in [-0.1, -0.05) is 76.6 Å². The van der Waals surface area contributed by atoms with Gasteiger partial charge in [-0.3, -0.25) is 0 Å². The van der Waals surface area contributed by atoms with Crippen molar-refractivity contribution in [3.63, 3.8) is 0 Å². The summed E-state index contributed by atoms with van der Waals surface area (Å²) in [6.07, 6.45) is 12.8. The molecule has 5 heteroatoms. The maximum absolute atomic E-state index is 2.51. The number of hydrogen-bond donors (Lipinski definition) is 0. The summed E-state index contributed by atoms with van der Waals surface area (Å²) in [6.45, 7) is 7.82. The molecule has 0 saturated heterocycles. The van der Waals surface area contributed by atoms with E-state index in [1.54, 1.807) is 0 Å². The second-order valence-corrected chi connectivity index (χ2v) is 16.8. The highest BCUT2D eigenvalue weighted by molar-refractivity contribution is 7.29. The number of unbranched alkanes of at least 4 members (excludes halogenated alkanes) is 6. The number of fused-ring (bicyclic) bond motifs is 3. The van der Waals surface area contributed by atoms with E-state index < -0.39 is 0 Å². The fourth-order valence-electron chi connectivity index (χ4n) is 6.93. The van der Waals surface area contributed by atoms with E-state index in [0.717, 1.165) is 13.0 Å². The number of benzene rings is 2. The smallest absolute Gasteiger partial charge is 0.0491 e.